The van der Waals surface area contributed by atoms with E-state index in [1.165, 1.54) is 85.9 Å². The molecule has 12 heteroatoms. The van der Waals surface area contributed by atoms with Gasteiger partial charge in [-0.1, -0.05) is 29.3 Å². The largest absolute Gasteiger partial charge is 0.322 e. The average Bonchev–Trinajstić information content (AvgIpc) is 2.88. The third kappa shape index (κ3) is 6.28. The highest BCUT2D eigenvalue weighted by Gasteiger charge is 2.21. The molecule has 0 heterocycles. The van der Waals surface area contributed by atoms with Crippen LogP contribution in [0.2, 0.25) is 10.0 Å². The maximum absolute atomic E-state index is 12.9. The number of nitrogens with one attached hydrogen (secondary N) is 2. The molecule has 0 saturated heterocycles. The number of hydrogen-bond acceptors (Lipinski definition) is 5. The molecule has 0 spiro atoms. The molecule has 0 fully saturated rings. The summed E-state index contributed by atoms with van der Waals surface area (Å²) < 4.78 is 54.6. The Hall–Kier alpha value is -3.57. The first-order chi connectivity index (χ1) is 18.0. The molecule has 0 unspecified atom stereocenters. The molecule has 2 N–H and O–H groups in total. The van der Waals surface area contributed by atoms with Gasteiger partial charge >= 0.3 is 0 Å². The Bertz CT molecular complexity index is 1680. The summed E-state index contributed by atoms with van der Waals surface area (Å²) in [7, 11) is -6.26. The minimum Gasteiger partial charge on any atom is -0.322 e. The minimum absolute atomic E-state index is 0.00441. The lowest BCUT2D eigenvalue weighted by molar-refractivity contribution is 0.102. The van der Waals surface area contributed by atoms with Gasteiger partial charge in [0.1, 0.15) is 0 Å². The number of halogens is 2. The standard InChI is InChI=1S/C26H21Cl2N3O5S2/c1-31(38(35,36)25-13-7-19(27)8-14-25)23-11-5-18(6-12-23)26(32)29-21-9-15-24(16-10-21)37(33,34)30-22-4-2-3-20(28)17-22/h2-17,30H,1H3,(H,29,32). The van der Waals surface area contributed by atoms with Gasteiger partial charge < -0.3 is 5.32 Å². The Morgan fingerprint density at radius 2 is 1.32 bits per heavy atom. The molecule has 0 aliphatic heterocycles. The Morgan fingerprint density at radius 3 is 1.92 bits per heavy atom. The second-order valence-corrected chi connectivity index (χ2v) is 12.6. The van der Waals surface area contributed by atoms with Crippen LogP contribution in [0.1, 0.15) is 10.4 Å². The fraction of sp³-hybridized carbons (Fsp3) is 0.0385. The van der Waals surface area contributed by atoms with Gasteiger partial charge in [-0.3, -0.25) is 13.8 Å². The van der Waals surface area contributed by atoms with E-state index in [9.17, 15) is 21.6 Å². The number of amides is 1. The van der Waals surface area contributed by atoms with E-state index in [1.54, 1.807) is 18.2 Å². The maximum atomic E-state index is 12.9. The van der Waals surface area contributed by atoms with Crippen LogP contribution < -0.4 is 14.3 Å². The quantitative estimate of drug-likeness (QED) is 0.267. The fourth-order valence-corrected chi connectivity index (χ4v) is 5.97. The number of benzene rings is 4. The molecule has 38 heavy (non-hydrogen) atoms. The van der Waals surface area contributed by atoms with Crippen molar-refractivity contribution in [1.82, 2.24) is 0 Å². The van der Waals surface area contributed by atoms with Crippen molar-refractivity contribution in [2.75, 3.05) is 21.4 Å². The van der Waals surface area contributed by atoms with E-state index in [0.29, 0.717) is 27.1 Å². The van der Waals surface area contributed by atoms with Gasteiger partial charge in [0.25, 0.3) is 26.0 Å². The molecular weight excluding hydrogens is 569 g/mol. The average molecular weight is 591 g/mol. The Kier molecular flexibility index (Phi) is 7.98. The van der Waals surface area contributed by atoms with Crippen molar-refractivity contribution in [3.8, 4) is 0 Å². The topological polar surface area (TPSA) is 113 Å². The van der Waals surface area contributed by atoms with Crippen molar-refractivity contribution in [1.29, 1.82) is 0 Å². The SMILES string of the molecule is CN(c1ccc(C(=O)Nc2ccc(S(=O)(=O)Nc3cccc(Cl)c3)cc2)cc1)S(=O)(=O)c1ccc(Cl)cc1. The van der Waals surface area contributed by atoms with Gasteiger partial charge in [0.2, 0.25) is 0 Å². The van der Waals surface area contributed by atoms with Gasteiger partial charge in [-0.15, -0.1) is 0 Å². The molecule has 0 aliphatic carbocycles. The van der Waals surface area contributed by atoms with Crippen molar-refractivity contribution in [3.63, 3.8) is 0 Å². The van der Waals surface area contributed by atoms with Gasteiger partial charge in [0.15, 0.2) is 0 Å². The van der Waals surface area contributed by atoms with Crippen LogP contribution in [0, 0.1) is 0 Å². The minimum atomic E-state index is -3.86. The van der Waals surface area contributed by atoms with Crippen molar-refractivity contribution in [2.45, 2.75) is 9.79 Å². The Labute approximate surface area is 230 Å². The van der Waals surface area contributed by atoms with Gasteiger partial charge in [-0.2, -0.15) is 0 Å². The highest BCUT2D eigenvalue weighted by molar-refractivity contribution is 7.93. The second kappa shape index (κ2) is 11.0. The number of nitrogens with zero attached hydrogens (tertiary/aromatic N) is 1. The van der Waals surface area contributed by atoms with Crippen LogP contribution in [0.25, 0.3) is 0 Å². The molecule has 0 bridgehead atoms. The summed E-state index contributed by atoms with van der Waals surface area (Å²) in [6.07, 6.45) is 0. The van der Waals surface area contributed by atoms with Gasteiger partial charge in [0.05, 0.1) is 21.2 Å². The lowest BCUT2D eigenvalue weighted by atomic mass is 10.2. The predicted molar refractivity (Wildman–Crippen MR) is 150 cm³/mol. The normalized spacial score (nSPS) is 11.6. The maximum Gasteiger partial charge on any atom is 0.264 e. The lowest BCUT2D eigenvalue weighted by Crippen LogP contribution is -2.26. The van der Waals surface area contributed by atoms with E-state index >= 15 is 0 Å². The van der Waals surface area contributed by atoms with Crippen molar-refractivity contribution in [2.24, 2.45) is 0 Å². The number of carbonyl (C=O) groups excluding carboxylic acids is 1. The lowest BCUT2D eigenvalue weighted by Gasteiger charge is -2.20. The summed E-state index contributed by atoms with van der Waals surface area (Å²) in [6, 6.07) is 23.8. The molecule has 0 radical (unpaired) electrons. The molecule has 0 atom stereocenters. The number of carbonyl (C=O) groups is 1. The third-order valence-corrected chi connectivity index (χ3v) is 9.15. The number of anilines is 3. The first-order valence-electron chi connectivity index (χ1n) is 11.0. The number of rotatable bonds is 8. The van der Waals surface area contributed by atoms with Crippen LogP contribution in [-0.2, 0) is 20.0 Å². The van der Waals surface area contributed by atoms with Crippen molar-refractivity contribution >= 4 is 66.2 Å². The summed E-state index contributed by atoms with van der Waals surface area (Å²) in [6.45, 7) is 0. The molecule has 8 nitrogen and oxygen atoms in total. The van der Waals surface area contributed by atoms with Gasteiger partial charge in [0, 0.05) is 28.3 Å². The van der Waals surface area contributed by atoms with Crippen LogP contribution in [0.5, 0.6) is 0 Å². The van der Waals surface area contributed by atoms with Crippen LogP contribution in [0.3, 0.4) is 0 Å². The molecule has 0 aromatic heterocycles. The van der Waals surface area contributed by atoms with Crippen LogP contribution in [-0.4, -0.2) is 29.8 Å². The summed E-state index contributed by atoms with van der Waals surface area (Å²) in [5.74, 6) is -0.451. The van der Waals surface area contributed by atoms with Crippen molar-refractivity contribution in [3.05, 3.63) is 113 Å². The van der Waals surface area contributed by atoms with Crippen LogP contribution >= 0.6 is 23.2 Å². The number of hydrogen-bond donors (Lipinski definition) is 2. The summed E-state index contributed by atoms with van der Waals surface area (Å²) in [5, 5.41) is 3.51. The zero-order chi connectivity index (χ0) is 27.5. The van der Waals surface area contributed by atoms with Crippen molar-refractivity contribution < 1.29 is 21.6 Å². The van der Waals surface area contributed by atoms with E-state index in [0.717, 1.165) is 4.31 Å². The second-order valence-electron chi connectivity index (χ2n) is 8.07. The Morgan fingerprint density at radius 1 is 0.711 bits per heavy atom. The van der Waals surface area contributed by atoms with E-state index < -0.39 is 26.0 Å². The summed E-state index contributed by atoms with van der Waals surface area (Å²) in [5.41, 5.74) is 1.34. The molecule has 0 saturated carbocycles. The number of sulfonamides is 2. The smallest absolute Gasteiger partial charge is 0.264 e. The molecule has 4 aromatic carbocycles. The van der Waals surface area contributed by atoms with Crippen LogP contribution in [0.15, 0.2) is 107 Å². The highest BCUT2D eigenvalue weighted by Crippen LogP contribution is 2.25. The molecule has 4 aromatic rings. The Balaban J connectivity index is 1.43. The molecule has 1 amide bonds. The first kappa shape index (κ1) is 27.5. The van der Waals surface area contributed by atoms with E-state index in [4.69, 9.17) is 23.2 Å². The molecule has 196 valence electrons. The highest BCUT2D eigenvalue weighted by atomic mass is 35.5. The van der Waals surface area contributed by atoms with E-state index in [-0.39, 0.29) is 15.4 Å². The zero-order valence-electron chi connectivity index (χ0n) is 19.8. The molecule has 0 aliphatic rings. The summed E-state index contributed by atoms with van der Waals surface area (Å²) >= 11 is 11.8. The fourth-order valence-electron chi connectivity index (χ4n) is 3.41. The first-order valence-corrected chi connectivity index (χ1v) is 14.7. The molecule has 4 rings (SSSR count). The van der Waals surface area contributed by atoms with Crippen LogP contribution in [0.4, 0.5) is 17.1 Å². The van der Waals surface area contributed by atoms with Gasteiger partial charge in [-0.25, -0.2) is 16.8 Å². The monoisotopic (exact) mass is 589 g/mol. The van der Waals surface area contributed by atoms with Gasteiger partial charge in [-0.05, 0) is 91.0 Å². The van der Waals surface area contributed by atoms with E-state index in [1.807, 2.05) is 0 Å². The van der Waals surface area contributed by atoms with E-state index in [2.05, 4.69) is 10.0 Å². The third-order valence-electron chi connectivity index (χ3n) is 5.46. The molecular formula is C26H21Cl2N3O5S2. The zero-order valence-corrected chi connectivity index (χ0v) is 22.9. The predicted octanol–water partition coefficient (Wildman–Crippen LogP) is 5.87. The summed E-state index contributed by atoms with van der Waals surface area (Å²) in [4.78, 5) is 12.8.